The normalized spacial score (nSPS) is 15.6. The minimum Gasteiger partial charge on any atom is -0.276 e. The molecule has 0 spiro atoms. The number of benzene rings is 1. The van der Waals surface area contributed by atoms with Crippen LogP contribution in [0.4, 0.5) is 18.9 Å². The van der Waals surface area contributed by atoms with Crippen LogP contribution in [0.25, 0.3) is 21.8 Å². The number of nitrogens with one attached hydrogen (secondary N) is 1. The van der Waals surface area contributed by atoms with Crippen LogP contribution >= 0.6 is 11.3 Å². The van der Waals surface area contributed by atoms with Gasteiger partial charge >= 0.3 is 15.5 Å². The smallest absolute Gasteiger partial charge is 0.276 e. The lowest BCUT2D eigenvalue weighted by molar-refractivity contribution is -0.0429. The number of pyridine rings is 1. The van der Waals surface area contributed by atoms with Crippen LogP contribution < -0.4 is 4.72 Å². The number of anilines is 1. The summed E-state index contributed by atoms with van der Waals surface area (Å²) in [6.45, 7) is 0. The van der Waals surface area contributed by atoms with Gasteiger partial charge in [-0.25, -0.2) is 4.98 Å². The number of halogens is 3. The van der Waals surface area contributed by atoms with Crippen molar-refractivity contribution in [2.75, 3.05) is 4.72 Å². The summed E-state index contributed by atoms with van der Waals surface area (Å²) in [6.07, 6.45) is 9.18. The van der Waals surface area contributed by atoms with Gasteiger partial charge in [0.2, 0.25) is 0 Å². The van der Waals surface area contributed by atoms with Crippen LogP contribution in [-0.4, -0.2) is 23.9 Å². The molecule has 170 valence electrons. The molecule has 0 unspecified atom stereocenters. The van der Waals surface area contributed by atoms with E-state index < -0.39 is 15.5 Å². The number of alkyl halides is 3. The molecule has 5 nitrogen and oxygen atoms in total. The van der Waals surface area contributed by atoms with E-state index in [9.17, 15) is 21.6 Å². The fourth-order valence-electron chi connectivity index (χ4n) is 3.87. The second-order valence-corrected chi connectivity index (χ2v) is 10.4. The lowest BCUT2D eigenvalue weighted by Crippen LogP contribution is -2.29. The van der Waals surface area contributed by atoms with Gasteiger partial charge in [0, 0.05) is 34.1 Å². The molecule has 10 heteroatoms. The Morgan fingerprint density at radius 1 is 1.03 bits per heavy atom. The summed E-state index contributed by atoms with van der Waals surface area (Å²) in [7, 11) is -5.44. The van der Waals surface area contributed by atoms with E-state index in [1.54, 1.807) is 6.20 Å². The average Bonchev–Trinajstić information content (AvgIpc) is 3.25. The maximum Gasteiger partial charge on any atom is 0.516 e. The fourth-order valence-corrected chi connectivity index (χ4v) is 5.26. The fraction of sp³-hybridized carbons (Fsp3) is 0.364. The molecule has 0 amide bonds. The van der Waals surface area contributed by atoms with Gasteiger partial charge < -0.3 is 0 Å². The van der Waals surface area contributed by atoms with E-state index in [4.69, 9.17) is 0 Å². The van der Waals surface area contributed by atoms with Gasteiger partial charge in [-0.2, -0.15) is 21.6 Å². The predicted molar refractivity (Wildman–Crippen MR) is 120 cm³/mol. The third-order valence-corrected chi connectivity index (χ3v) is 7.53. The third kappa shape index (κ3) is 5.29. The van der Waals surface area contributed by atoms with E-state index in [1.807, 2.05) is 11.4 Å². The lowest BCUT2D eigenvalue weighted by Gasteiger charge is -2.21. The van der Waals surface area contributed by atoms with Crippen LogP contribution in [0.3, 0.4) is 0 Å². The van der Waals surface area contributed by atoms with Crippen LogP contribution in [0.2, 0.25) is 0 Å². The number of sulfonamides is 1. The molecule has 32 heavy (non-hydrogen) atoms. The van der Waals surface area contributed by atoms with Crippen LogP contribution in [0.15, 0.2) is 48.0 Å². The van der Waals surface area contributed by atoms with Crippen molar-refractivity contribution in [1.29, 1.82) is 0 Å². The van der Waals surface area contributed by atoms with Crippen molar-refractivity contribution in [2.24, 2.45) is 5.92 Å². The Hall–Kier alpha value is -2.46. The zero-order chi connectivity index (χ0) is 22.8. The number of aromatic nitrogens is 2. The highest BCUT2D eigenvalue weighted by Crippen LogP contribution is 2.32. The Balaban J connectivity index is 1.47. The summed E-state index contributed by atoms with van der Waals surface area (Å²) >= 11 is 1.47. The highest BCUT2D eigenvalue weighted by atomic mass is 32.2. The number of nitrogens with zero attached hydrogens (tertiary/aromatic N) is 2. The number of hydrogen-bond acceptors (Lipinski definition) is 5. The summed E-state index contributed by atoms with van der Waals surface area (Å²) in [4.78, 5) is 9.18. The molecular formula is C22H22F3N3O2S2. The van der Waals surface area contributed by atoms with E-state index in [0.29, 0.717) is 17.2 Å². The largest absolute Gasteiger partial charge is 0.516 e. The van der Waals surface area contributed by atoms with Gasteiger partial charge in [-0.05, 0) is 36.6 Å². The van der Waals surface area contributed by atoms with E-state index in [0.717, 1.165) is 22.7 Å². The maximum absolute atomic E-state index is 12.5. The van der Waals surface area contributed by atoms with Gasteiger partial charge in [0.1, 0.15) is 5.01 Å². The summed E-state index contributed by atoms with van der Waals surface area (Å²) in [5.74, 6) is 0.687. The monoisotopic (exact) mass is 481 g/mol. The van der Waals surface area contributed by atoms with Gasteiger partial charge in [0.15, 0.2) is 0 Å². The summed E-state index contributed by atoms with van der Waals surface area (Å²) in [6, 6.07) is 9.63. The van der Waals surface area contributed by atoms with E-state index >= 15 is 0 Å². The van der Waals surface area contributed by atoms with Gasteiger partial charge in [-0.15, -0.1) is 11.3 Å². The Kier molecular flexibility index (Phi) is 6.52. The van der Waals surface area contributed by atoms with Crippen LogP contribution in [0.1, 0.15) is 37.8 Å². The highest BCUT2D eigenvalue weighted by Gasteiger charge is 2.46. The first-order valence-electron chi connectivity index (χ1n) is 10.3. The van der Waals surface area contributed by atoms with Crippen molar-refractivity contribution in [3.63, 3.8) is 0 Å². The van der Waals surface area contributed by atoms with Crippen molar-refractivity contribution in [3.05, 3.63) is 53.7 Å². The van der Waals surface area contributed by atoms with Gasteiger partial charge in [-0.1, -0.05) is 44.2 Å². The zero-order valence-electron chi connectivity index (χ0n) is 17.1. The minimum absolute atomic E-state index is 0.164. The molecule has 3 aromatic rings. The molecule has 2 heterocycles. The molecule has 1 aliphatic carbocycles. The second-order valence-electron chi connectivity index (χ2n) is 7.91. The molecule has 1 fully saturated rings. The molecule has 1 aromatic carbocycles. The van der Waals surface area contributed by atoms with Gasteiger partial charge in [-0.3, -0.25) is 9.71 Å². The highest BCUT2D eigenvalue weighted by molar-refractivity contribution is 7.93. The number of rotatable bonds is 6. The van der Waals surface area contributed by atoms with Crippen LogP contribution in [-0.2, 0) is 16.4 Å². The predicted octanol–water partition coefficient (Wildman–Crippen LogP) is 6.26. The van der Waals surface area contributed by atoms with Crippen LogP contribution in [0, 0.1) is 5.92 Å². The second kappa shape index (κ2) is 9.19. The van der Waals surface area contributed by atoms with Crippen molar-refractivity contribution < 1.29 is 21.6 Å². The molecule has 0 saturated heterocycles. The number of thiazole rings is 1. The molecule has 0 bridgehead atoms. The van der Waals surface area contributed by atoms with Gasteiger partial charge in [0.05, 0.1) is 5.69 Å². The Morgan fingerprint density at radius 3 is 2.44 bits per heavy atom. The summed E-state index contributed by atoms with van der Waals surface area (Å²) < 4.78 is 61.6. The zero-order valence-corrected chi connectivity index (χ0v) is 18.7. The maximum atomic E-state index is 12.5. The lowest BCUT2D eigenvalue weighted by atomic mass is 9.86. The van der Waals surface area contributed by atoms with Crippen molar-refractivity contribution >= 4 is 27.0 Å². The Bertz CT molecular complexity index is 1170. The van der Waals surface area contributed by atoms with Crippen molar-refractivity contribution in [3.8, 4) is 21.8 Å². The molecule has 1 aliphatic rings. The molecule has 0 radical (unpaired) electrons. The third-order valence-electron chi connectivity index (χ3n) is 5.53. The van der Waals surface area contributed by atoms with E-state index in [2.05, 4.69) is 16.0 Å². The first-order chi connectivity index (χ1) is 15.2. The SMILES string of the molecule is O=S(=O)(Nc1ccc(-c2csc(-c3ccnc(CC4CCCCC4)c3)n2)cc1)C(F)(F)F. The van der Waals surface area contributed by atoms with Gasteiger partial charge in [0.25, 0.3) is 0 Å². The molecule has 0 aliphatic heterocycles. The Labute approximate surface area is 188 Å². The van der Waals surface area contributed by atoms with Crippen LogP contribution in [0.5, 0.6) is 0 Å². The molecule has 4 rings (SSSR count). The van der Waals surface area contributed by atoms with E-state index in [-0.39, 0.29) is 5.69 Å². The topological polar surface area (TPSA) is 72.0 Å². The average molecular weight is 482 g/mol. The minimum atomic E-state index is -5.44. The first-order valence-corrected chi connectivity index (χ1v) is 12.7. The Morgan fingerprint density at radius 2 is 1.75 bits per heavy atom. The quantitative estimate of drug-likeness (QED) is 0.451. The molecule has 1 N–H and O–H groups in total. The van der Waals surface area contributed by atoms with Crippen molar-refractivity contribution in [2.45, 2.75) is 44.0 Å². The van der Waals surface area contributed by atoms with Crippen molar-refractivity contribution in [1.82, 2.24) is 9.97 Å². The molecular weight excluding hydrogens is 459 g/mol. The molecule has 2 aromatic heterocycles. The van der Waals surface area contributed by atoms with E-state index in [1.165, 1.54) is 72.4 Å². The number of hydrogen-bond donors (Lipinski definition) is 1. The summed E-state index contributed by atoms with van der Waals surface area (Å²) in [5, 5.41) is 2.69. The standard InChI is InChI=1S/C22H22F3N3O2S2/c23-22(24,25)32(29,30)28-18-8-6-16(7-9-18)20-14-31-21(27-20)17-10-11-26-19(13-17)12-15-4-2-1-3-5-15/h6-11,13-15,28H,1-5,12H2. The molecule has 1 saturated carbocycles. The molecule has 0 atom stereocenters. The first kappa shape index (κ1) is 22.7. The summed E-state index contributed by atoms with van der Waals surface area (Å²) in [5.41, 5.74) is -2.14.